The number of benzene rings is 12. The minimum absolute atomic E-state index is 0.506. The topological polar surface area (TPSA) is 21.7 Å². The molecule has 360 valence electrons. The fourth-order valence-corrected chi connectivity index (χ4v) is 13.8. The van der Waals surface area contributed by atoms with Crippen molar-refractivity contribution in [3.8, 4) is 78.6 Å². The van der Waals surface area contributed by atoms with Gasteiger partial charge in [-0.05, 0) is 126 Å². The molecular weight excluding hydrogens is 935 g/mol. The molecule has 0 radical (unpaired) electrons. The molecule has 0 saturated carbocycles. The second-order valence-electron chi connectivity index (χ2n) is 20.6. The molecular formula is C74H47NO2. The zero-order chi connectivity index (χ0) is 50.7. The molecule has 0 aromatic heterocycles. The Morgan fingerprint density at radius 3 is 1.39 bits per heavy atom. The van der Waals surface area contributed by atoms with E-state index in [1.54, 1.807) is 0 Å². The van der Waals surface area contributed by atoms with Crippen LogP contribution in [-0.2, 0) is 10.8 Å². The summed E-state index contributed by atoms with van der Waals surface area (Å²) in [5.41, 5.74) is 23.6. The molecule has 3 heteroatoms. The van der Waals surface area contributed by atoms with Crippen LogP contribution < -0.4 is 14.4 Å². The van der Waals surface area contributed by atoms with Gasteiger partial charge >= 0.3 is 0 Å². The van der Waals surface area contributed by atoms with E-state index in [2.05, 4.69) is 284 Å². The monoisotopic (exact) mass is 981 g/mol. The molecule has 3 nitrogen and oxygen atoms in total. The summed E-state index contributed by atoms with van der Waals surface area (Å²) in [4.78, 5) is 2.45. The van der Waals surface area contributed by atoms with Crippen molar-refractivity contribution < 1.29 is 9.47 Å². The molecule has 4 aliphatic rings. The van der Waals surface area contributed by atoms with Gasteiger partial charge in [0.15, 0.2) is 23.0 Å². The summed E-state index contributed by atoms with van der Waals surface area (Å²) < 4.78 is 14.4. The Kier molecular flexibility index (Phi) is 9.47. The Bertz CT molecular complexity index is 4250. The molecule has 0 atom stereocenters. The van der Waals surface area contributed by atoms with Crippen LogP contribution in [-0.4, -0.2) is 0 Å². The summed E-state index contributed by atoms with van der Waals surface area (Å²) in [6.45, 7) is 0. The molecule has 1 aliphatic heterocycles. The lowest BCUT2D eigenvalue weighted by Gasteiger charge is -2.34. The van der Waals surface area contributed by atoms with Crippen LogP contribution in [0, 0.1) is 0 Å². The van der Waals surface area contributed by atoms with Gasteiger partial charge in [0.25, 0.3) is 0 Å². The van der Waals surface area contributed by atoms with Crippen molar-refractivity contribution >= 4 is 17.1 Å². The van der Waals surface area contributed by atoms with Gasteiger partial charge in [-0.1, -0.05) is 243 Å². The summed E-state index contributed by atoms with van der Waals surface area (Å²) in [6.07, 6.45) is 0. The lowest BCUT2D eigenvalue weighted by Crippen LogP contribution is -2.28. The first-order valence-corrected chi connectivity index (χ1v) is 26.6. The first-order chi connectivity index (χ1) is 38.2. The van der Waals surface area contributed by atoms with Crippen LogP contribution >= 0.6 is 0 Å². The number of rotatable bonds is 7. The highest BCUT2D eigenvalue weighted by molar-refractivity contribution is 6.00. The van der Waals surface area contributed by atoms with Crippen LogP contribution in [0.4, 0.5) is 17.1 Å². The number of para-hydroxylation sites is 1. The van der Waals surface area contributed by atoms with Gasteiger partial charge in [0.2, 0.25) is 0 Å². The summed E-state index contributed by atoms with van der Waals surface area (Å²) in [5, 5.41) is 0. The predicted molar refractivity (Wildman–Crippen MR) is 312 cm³/mol. The number of anilines is 3. The van der Waals surface area contributed by atoms with Gasteiger partial charge < -0.3 is 14.4 Å². The van der Waals surface area contributed by atoms with Crippen LogP contribution in [0.25, 0.3) is 55.6 Å². The summed E-state index contributed by atoms with van der Waals surface area (Å²) in [6, 6.07) is 104. The average Bonchev–Trinajstić information content (AvgIpc) is 4.22. The fraction of sp³-hybridized carbons (Fsp3) is 0.0270. The second-order valence-corrected chi connectivity index (χ2v) is 20.6. The lowest BCUT2D eigenvalue weighted by molar-refractivity contribution is 0.361. The first-order valence-electron chi connectivity index (χ1n) is 26.6. The smallest absolute Gasteiger partial charge is 0.178 e. The van der Waals surface area contributed by atoms with Crippen molar-refractivity contribution in [2.75, 3.05) is 4.90 Å². The second kappa shape index (κ2) is 16.8. The maximum absolute atomic E-state index is 7.43. The molecule has 12 aromatic rings. The molecule has 0 N–H and O–H groups in total. The van der Waals surface area contributed by atoms with Gasteiger partial charge in [0.05, 0.1) is 16.5 Å². The molecule has 0 unspecified atom stereocenters. The number of ether oxygens (including phenoxy) is 2. The molecule has 16 rings (SSSR count). The van der Waals surface area contributed by atoms with E-state index in [9.17, 15) is 0 Å². The Balaban J connectivity index is 0.875. The van der Waals surface area contributed by atoms with E-state index in [1.807, 2.05) is 6.07 Å². The quantitative estimate of drug-likeness (QED) is 0.159. The molecule has 1 heterocycles. The van der Waals surface area contributed by atoms with E-state index in [4.69, 9.17) is 9.47 Å². The summed E-state index contributed by atoms with van der Waals surface area (Å²) in [5.74, 6) is 2.82. The Labute approximate surface area is 448 Å². The van der Waals surface area contributed by atoms with Gasteiger partial charge in [-0.3, -0.25) is 0 Å². The van der Waals surface area contributed by atoms with E-state index in [-0.39, 0.29) is 0 Å². The maximum atomic E-state index is 7.43. The van der Waals surface area contributed by atoms with Crippen LogP contribution in [0.2, 0.25) is 0 Å². The van der Waals surface area contributed by atoms with Gasteiger partial charge in [0, 0.05) is 28.1 Å². The van der Waals surface area contributed by atoms with Crippen molar-refractivity contribution in [2.45, 2.75) is 10.8 Å². The minimum Gasteiger partial charge on any atom is -0.449 e. The Morgan fingerprint density at radius 1 is 0.260 bits per heavy atom. The SMILES string of the molecule is c1ccc(-c2ccc(N(c3cccc(-c4cccc5c4Oc4c(ccc6c4-c4ccccc4C64c6ccccc6-c6ccccc64)O5)c3)c3cccc4c3-c3ccccc3C4(c3ccccc3)c3ccccc3)cc2)cc1. The van der Waals surface area contributed by atoms with Gasteiger partial charge in [-0.25, -0.2) is 0 Å². The van der Waals surface area contributed by atoms with E-state index in [0.717, 1.165) is 50.6 Å². The van der Waals surface area contributed by atoms with Gasteiger partial charge in [-0.15, -0.1) is 0 Å². The molecule has 0 saturated heterocycles. The van der Waals surface area contributed by atoms with Crippen LogP contribution in [0.1, 0.15) is 44.5 Å². The zero-order valence-corrected chi connectivity index (χ0v) is 41.9. The molecule has 0 fully saturated rings. The summed E-state index contributed by atoms with van der Waals surface area (Å²) in [7, 11) is 0. The molecule has 77 heavy (non-hydrogen) atoms. The number of hydrogen-bond donors (Lipinski definition) is 0. The van der Waals surface area contributed by atoms with Gasteiger partial charge in [0.1, 0.15) is 0 Å². The molecule has 0 amide bonds. The van der Waals surface area contributed by atoms with Gasteiger partial charge in [-0.2, -0.15) is 0 Å². The number of fused-ring (bicyclic) bond motifs is 16. The normalized spacial score (nSPS) is 13.9. The molecule has 0 bridgehead atoms. The van der Waals surface area contributed by atoms with Crippen LogP contribution in [0.5, 0.6) is 23.0 Å². The maximum Gasteiger partial charge on any atom is 0.178 e. The largest absolute Gasteiger partial charge is 0.449 e. The summed E-state index contributed by atoms with van der Waals surface area (Å²) >= 11 is 0. The minimum atomic E-state index is -0.559. The Morgan fingerprint density at radius 2 is 0.727 bits per heavy atom. The standard InChI is InChI=1S/C74H47NO2/c1-4-21-48(22-5-1)49-41-43-53(44-42-49)75(66-39-20-38-64-69(66)58-31-12-16-36-62(58)73(64,51-24-6-2-7-25-51)52-26-8-3-9-27-52)54-28-18-23-50(47-54)55-33-19-40-67-71(55)77-72-68(76-67)46-45-65-70(72)59-32-13-17-37-63(59)74(65)60-34-14-10-29-56(60)57-30-11-15-35-61(57)74/h1-47H. The molecule has 12 aromatic carbocycles. The highest BCUT2D eigenvalue weighted by atomic mass is 16.6. The third-order valence-electron chi connectivity index (χ3n) is 16.8. The molecule has 1 spiro atoms. The van der Waals surface area contributed by atoms with Crippen LogP contribution in [0.15, 0.2) is 285 Å². The zero-order valence-electron chi connectivity index (χ0n) is 41.9. The van der Waals surface area contributed by atoms with Crippen molar-refractivity contribution in [1.82, 2.24) is 0 Å². The highest BCUT2D eigenvalue weighted by Gasteiger charge is 2.53. The van der Waals surface area contributed by atoms with Crippen molar-refractivity contribution in [1.29, 1.82) is 0 Å². The van der Waals surface area contributed by atoms with E-state index < -0.39 is 10.8 Å². The van der Waals surface area contributed by atoms with Crippen molar-refractivity contribution in [3.05, 3.63) is 330 Å². The van der Waals surface area contributed by atoms with E-state index in [0.29, 0.717) is 17.2 Å². The molecule has 3 aliphatic carbocycles. The van der Waals surface area contributed by atoms with E-state index >= 15 is 0 Å². The third kappa shape index (κ3) is 6.08. The number of nitrogens with zero attached hydrogens (tertiary/aromatic N) is 1. The average molecular weight is 982 g/mol. The lowest BCUT2D eigenvalue weighted by atomic mass is 9.68. The van der Waals surface area contributed by atoms with Crippen molar-refractivity contribution in [2.24, 2.45) is 0 Å². The van der Waals surface area contributed by atoms with E-state index in [1.165, 1.54) is 72.3 Å². The highest BCUT2D eigenvalue weighted by Crippen LogP contribution is 2.67. The predicted octanol–water partition coefficient (Wildman–Crippen LogP) is 19.1. The van der Waals surface area contributed by atoms with Crippen LogP contribution in [0.3, 0.4) is 0 Å². The fourth-order valence-electron chi connectivity index (χ4n) is 13.8. The number of hydrogen-bond acceptors (Lipinski definition) is 3. The Hall–Kier alpha value is -9.96. The van der Waals surface area contributed by atoms with Crippen molar-refractivity contribution in [3.63, 3.8) is 0 Å². The third-order valence-corrected chi connectivity index (χ3v) is 16.8. The first kappa shape index (κ1) is 43.4.